The number of aliphatic hydroxyl groups excluding tert-OH is 2. The van der Waals surface area contributed by atoms with Crippen molar-refractivity contribution in [2.75, 3.05) is 26.4 Å². The van der Waals surface area contributed by atoms with Crippen molar-refractivity contribution in [2.24, 2.45) is 0 Å². The number of phenols is 2. The van der Waals surface area contributed by atoms with Gasteiger partial charge in [0.05, 0.1) is 13.2 Å². The van der Waals surface area contributed by atoms with E-state index in [1.54, 1.807) is 0 Å². The van der Waals surface area contributed by atoms with Crippen LogP contribution in [0.5, 0.6) is 11.5 Å². The van der Waals surface area contributed by atoms with Crippen molar-refractivity contribution in [1.29, 1.82) is 0 Å². The van der Waals surface area contributed by atoms with Crippen molar-refractivity contribution in [3.05, 3.63) is 23.3 Å². The lowest BCUT2D eigenvalue weighted by atomic mass is 10.1. The van der Waals surface area contributed by atoms with Crippen molar-refractivity contribution in [2.45, 2.75) is 0 Å². The molecule has 0 unspecified atom stereocenters. The van der Waals surface area contributed by atoms with Crippen LogP contribution in [0.25, 0.3) is 0 Å². The molecule has 4 N–H and O–H groups in total. The van der Waals surface area contributed by atoms with Gasteiger partial charge in [-0.2, -0.15) is 0 Å². The Kier molecular flexibility index (Phi) is 5.75. The van der Waals surface area contributed by atoms with E-state index in [2.05, 4.69) is 9.47 Å². The van der Waals surface area contributed by atoms with Crippen LogP contribution in [0.15, 0.2) is 12.1 Å². The number of rotatable bonds is 6. The van der Waals surface area contributed by atoms with Gasteiger partial charge in [0.2, 0.25) is 0 Å². The molecule has 0 aliphatic carbocycles. The van der Waals surface area contributed by atoms with E-state index in [1.165, 1.54) is 0 Å². The standard InChI is InChI=1S/C12H14O8/c13-1-3-19-11(17)7-5-10(16)8(6-9(7)15)12(18)20-4-2-14/h5-6,13-16H,1-4H2. The number of benzene rings is 1. The van der Waals surface area contributed by atoms with Gasteiger partial charge in [-0.1, -0.05) is 0 Å². The van der Waals surface area contributed by atoms with Gasteiger partial charge in [-0.05, 0) is 12.1 Å². The Balaban J connectivity index is 2.96. The molecule has 0 heterocycles. The van der Waals surface area contributed by atoms with Gasteiger partial charge in [0, 0.05) is 0 Å². The Bertz CT molecular complexity index is 451. The summed E-state index contributed by atoms with van der Waals surface area (Å²) in [6, 6.07) is 1.70. The molecule has 0 aliphatic rings. The number of aromatic hydroxyl groups is 2. The van der Waals surface area contributed by atoms with Gasteiger partial charge in [-0.15, -0.1) is 0 Å². The summed E-state index contributed by atoms with van der Waals surface area (Å²) in [5.41, 5.74) is -0.704. The van der Waals surface area contributed by atoms with Crippen LogP contribution in [0, 0.1) is 0 Å². The van der Waals surface area contributed by atoms with Crippen molar-refractivity contribution in [1.82, 2.24) is 0 Å². The highest BCUT2D eigenvalue weighted by molar-refractivity contribution is 5.98. The largest absolute Gasteiger partial charge is 0.507 e. The number of hydrogen-bond donors (Lipinski definition) is 4. The average Bonchev–Trinajstić information content (AvgIpc) is 2.44. The first-order valence-corrected chi connectivity index (χ1v) is 5.63. The van der Waals surface area contributed by atoms with Gasteiger partial charge in [0.25, 0.3) is 0 Å². The SMILES string of the molecule is O=C(OCCO)c1cc(O)c(C(=O)OCCO)cc1O. The molecule has 8 nitrogen and oxygen atoms in total. The zero-order valence-electron chi connectivity index (χ0n) is 10.4. The highest BCUT2D eigenvalue weighted by atomic mass is 16.5. The molecule has 1 rings (SSSR count). The minimum atomic E-state index is -0.956. The third kappa shape index (κ3) is 3.84. The van der Waals surface area contributed by atoms with E-state index in [4.69, 9.17) is 10.2 Å². The Morgan fingerprint density at radius 3 is 1.50 bits per heavy atom. The summed E-state index contributed by atoms with van der Waals surface area (Å²) in [7, 11) is 0. The molecule has 0 bridgehead atoms. The molecule has 0 atom stereocenters. The minimum Gasteiger partial charge on any atom is -0.507 e. The molecule has 110 valence electrons. The van der Waals surface area contributed by atoms with Crippen molar-refractivity contribution >= 4 is 11.9 Å². The summed E-state index contributed by atoms with van der Waals surface area (Å²) < 4.78 is 9.14. The van der Waals surface area contributed by atoms with E-state index in [0.29, 0.717) is 0 Å². The number of ether oxygens (including phenoxy) is 2. The molecule has 0 spiro atoms. The fraction of sp³-hybridized carbons (Fsp3) is 0.333. The Labute approximate surface area is 113 Å². The summed E-state index contributed by atoms with van der Waals surface area (Å²) >= 11 is 0. The lowest BCUT2D eigenvalue weighted by molar-refractivity contribution is 0.0415. The van der Waals surface area contributed by atoms with Gasteiger partial charge < -0.3 is 29.9 Å². The van der Waals surface area contributed by atoms with Crippen molar-refractivity contribution < 1.29 is 39.5 Å². The monoisotopic (exact) mass is 286 g/mol. The number of carbonyl (C=O) groups is 2. The van der Waals surface area contributed by atoms with Crippen molar-refractivity contribution in [3.63, 3.8) is 0 Å². The van der Waals surface area contributed by atoms with Crippen molar-refractivity contribution in [3.8, 4) is 11.5 Å². The van der Waals surface area contributed by atoms with E-state index in [9.17, 15) is 19.8 Å². The van der Waals surface area contributed by atoms with Gasteiger partial charge >= 0.3 is 11.9 Å². The summed E-state index contributed by atoms with van der Waals surface area (Å²) in [6.07, 6.45) is 0. The number of carbonyl (C=O) groups excluding carboxylic acids is 2. The Morgan fingerprint density at radius 1 is 0.850 bits per heavy atom. The zero-order chi connectivity index (χ0) is 15.1. The molecular weight excluding hydrogens is 272 g/mol. The Morgan fingerprint density at radius 2 is 1.20 bits per heavy atom. The first-order chi connectivity index (χ1) is 9.51. The van der Waals surface area contributed by atoms with Crippen LogP contribution < -0.4 is 0 Å². The van der Waals surface area contributed by atoms with E-state index < -0.39 is 23.4 Å². The average molecular weight is 286 g/mol. The lowest BCUT2D eigenvalue weighted by Gasteiger charge is -2.09. The molecule has 0 aliphatic heterocycles. The summed E-state index contributed by atoms with van der Waals surface area (Å²) in [5, 5.41) is 36.3. The van der Waals surface area contributed by atoms with E-state index >= 15 is 0 Å². The zero-order valence-corrected chi connectivity index (χ0v) is 10.4. The summed E-state index contributed by atoms with van der Waals surface area (Å²) in [6.45, 7) is -1.30. The molecule has 0 fully saturated rings. The topological polar surface area (TPSA) is 134 Å². The molecule has 8 heteroatoms. The number of aliphatic hydroxyl groups is 2. The second kappa shape index (κ2) is 7.31. The molecule has 1 aromatic rings. The molecule has 0 aromatic heterocycles. The molecule has 0 saturated heterocycles. The molecule has 1 aromatic carbocycles. The summed E-state index contributed by atoms with van der Waals surface area (Å²) in [4.78, 5) is 23.0. The van der Waals surface area contributed by atoms with Crippen LogP contribution in [-0.4, -0.2) is 58.8 Å². The molecule has 20 heavy (non-hydrogen) atoms. The second-order valence-corrected chi connectivity index (χ2v) is 3.61. The minimum absolute atomic E-state index is 0.265. The first-order valence-electron chi connectivity index (χ1n) is 5.63. The molecule has 0 saturated carbocycles. The quantitative estimate of drug-likeness (QED) is 0.402. The van der Waals surface area contributed by atoms with Crippen LogP contribution in [0.2, 0.25) is 0 Å². The Hall–Kier alpha value is -2.32. The third-order valence-electron chi connectivity index (χ3n) is 2.20. The van der Waals surface area contributed by atoms with E-state index in [1.807, 2.05) is 0 Å². The third-order valence-corrected chi connectivity index (χ3v) is 2.20. The fourth-order valence-corrected chi connectivity index (χ4v) is 1.34. The maximum atomic E-state index is 11.5. The number of hydrogen-bond acceptors (Lipinski definition) is 8. The predicted octanol–water partition coefficient (Wildman–Crippen LogP) is -0.604. The van der Waals surface area contributed by atoms with E-state index in [-0.39, 0.29) is 37.6 Å². The van der Waals surface area contributed by atoms with Gasteiger partial charge in [-0.3, -0.25) is 0 Å². The van der Waals surface area contributed by atoms with Gasteiger partial charge in [0.1, 0.15) is 35.8 Å². The predicted molar refractivity (Wildman–Crippen MR) is 64.5 cm³/mol. The maximum absolute atomic E-state index is 11.5. The first kappa shape index (κ1) is 15.7. The summed E-state index contributed by atoms with van der Waals surface area (Å²) in [5.74, 6) is -3.08. The van der Waals surface area contributed by atoms with E-state index in [0.717, 1.165) is 12.1 Å². The van der Waals surface area contributed by atoms with Crippen LogP contribution in [0.3, 0.4) is 0 Å². The highest BCUT2D eigenvalue weighted by Crippen LogP contribution is 2.28. The van der Waals surface area contributed by atoms with Gasteiger partial charge in [-0.25, -0.2) is 9.59 Å². The number of esters is 2. The number of phenolic OH excluding ortho intramolecular Hbond substituents is 2. The molecular formula is C12H14O8. The molecule has 0 radical (unpaired) electrons. The van der Waals surface area contributed by atoms with Gasteiger partial charge in [0.15, 0.2) is 0 Å². The van der Waals surface area contributed by atoms with Crippen LogP contribution in [-0.2, 0) is 9.47 Å². The van der Waals surface area contributed by atoms with Crippen LogP contribution >= 0.6 is 0 Å². The molecule has 0 amide bonds. The fourth-order valence-electron chi connectivity index (χ4n) is 1.34. The smallest absolute Gasteiger partial charge is 0.342 e. The second-order valence-electron chi connectivity index (χ2n) is 3.61. The lowest BCUT2D eigenvalue weighted by Crippen LogP contribution is -2.11. The normalized spacial score (nSPS) is 10.1. The van der Waals surface area contributed by atoms with Crippen LogP contribution in [0.4, 0.5) is 0 Å². The van der Waals surface area contributed by atoms with Crippen LogP contribution in [0.1, 0.15) is 20.7 Å². The maximum Gasteiger partial charge on any atom is 0.342 e. The highest BCUT2D eigenvalue weighted by Gasteiger charge is 2.20.